The van der Waals surface area contributed by atoms with Crippen molar-refractivity contribution in [1.82, 2.24) is 10.2 Å². The van der Waals surface area contributed by atoms with Crippen molar-refractivity contribution >= 4 is 23.9 Å². The zero-order chi connectivity index (χ0) is 29.9. The summed E-state index contributed by atoms with van der Waals surface area (Å²) in [5.41, 5.74) is -1.37. The van der Waals surface area contributed by atoms with Crippen molar-refractivity contribution in [3.05, 3.63) is 23.8 Å². The van der Waals surface area contributed by atoms with Crippen LogP contribution < -0.4 is 25.0 Å². The number of piperidine rings is 1. The van der Waals surface area contributed by atoms with Gasteiger partial charge in [-0.2, -0.15) is 0 Å². The number of nitrogens with one attached hydrogen (secondary N) is 1. The predicted octanol–water partition coefficient (Wildman–Crippen LogP) is 1.59. The van der Waals surface area contributed by atoms with Crippen LogP contribution in [0, 0.1) is 5.92 Å². The molecule has 0 radical (unpaired) electrons. The summed E-state index contributed by atoms with van der Waals surface area (Å²) in [6, 6.07) is 4.79. The van der Waals surface area contributed by atoms with Crippen molar-refractivity contribution in [3.63, 3.8) is 0 Å². The topological polar surface area (TPSA) is 157 Å². The number of carboxylic acid groups (broad SMARTS) is 2. The maximum Gasteiger partial charge on any atom is 0.410 e. The molecule has 0 atom stereocenters. The number of carbonyl (C=O) groups excluding carboxylic acids is 4. The first-order valence-electron chi connectivity index (χ1n) is 13.9. The van der Waals surface area contributed by atoms with E-state index in [9.17, 15) is 29.4 Å². The van der Waals surface area contributed by atoms with Crippen LogP contribution in [0.1, 0.15) is 78.7 Å². The summed E-state index contributed by atoms with van der Waals surface area (Å²) in [6.45, 7) is 9.68. The molecule has 2 rings (SSSR count). The molecular weight excluding hydrogens is 520 g/mol. The van der Waals surface area contributed by atoms with E-state index in [0.717, 1.165) is 24.8 Å². The number of ether oxygens (including phenoxy) is 3. The Kier molecular flexibility index (Phi) is 12.1. The molecule has 0 bridgehead atoms. The van der Waals surface area contributed by atoms with E-state index in [1.165, 1.54) is 6.07 Å². The smallest absolute Gasteiger partial charge is 0.410 e. The predicted molar refractivity (Wildman–Crippen MR) is 142 cm³/mol. The molecule has 1 fully saturated rings. The van der Waals surface area contributed by atoms with Gasteiger partial charge < -0.3 is 44.2 Å². The molecule has 1 aromatic rings. The minimum atomic E-state index is -1.58. The Bertz CT molecular complexity index is 1020. The Morgan fingerprint density at radius 1 is 1.02 bits per heavy atom. The van der Waals surface area contributed by atoms with E-state index in [2.05, 4.69) is 5.32 Å². The van der Waals surface area contributed by atoms with Gasteiger partial charge in [-0.1, -0.05) is 19.9 Å². The van der Waals surface area contributed by atoms with Crippen molar-refractivity contribution < 1.29 is 43.6 Å². The number of likely N-dealkylation sites (tertiary alicyclic amines) is 1. The molecule has 0 aromatic heterocycles. The summed E-state index contributed by atoms with van der Waals surface area (Å²) in [4.78, 5) is 49.0. The number of carbonyl (C=O) groups is 4. The van der Waals surface area contributed by atoms with Gasteiger partial charge >= 0.3 is 6.09 Å². The van der Waals surface area contributed by atoms with Crippen LogP contribution in [0.25, 0.3) is 0 Å². The van der Waals surface area contributed by atoms with Crippen LogP contribution in [-0.2, 0) is 25.5 Å². The first-order valence-corrected chi connectivity index (χ1v) is 13.9. The molecule has 2 amide bonds. The molecule has 40 heavy (non-hydrogen) atoms. The average molecular weight is 563 g/mol. The van der Waals surface area contributed by atoms with Crippen molar-refractivity contribution in [2.75, 3.05) is 26.2 Å². The summed E-state index contributed by atoms with van der Waals surface area (Å²) >= 11 is 0. The monoisotopic (exact) mass is 562 g/mol. The van der Waals surface area contributed by atoms with Crippen molar-refractivity contribution in [2.45, 2.75) is 90.8 Å². The lowest BCUT2D eigenvalue weighted by molar-refractivity contribution is -0.323. The average Bonchev–Trinajstić information content (AvgIpc) is 2.89. The fourth-order valence-electron chi connectivity index (χ4n) is 4.48. The first-order chi connectivity index (χ1) is 18.8. The van der Waals surface area contributed by atoms with Crippen LogP contribution >= 0.6 is 0 Å². The molecule has 0 saturated carbocycles. The quantitative estimate of drug-likeness (QED) is 0.355. The highest BCUT2D eigenvalue weighted by molar-refractivity contribution is 5.76. The number of rotatable bonds is 14. The first kappa shape index (κ1) is 32.7. The third kappa shape index (κ3) is 10.2. The Morgan fingerprint density at radius 3 is 2.23 bits per heavy atom. The van der Waals surface area contributed by atoms with Crippen LogP contribution in [0.4, 0.5) is 4.79 Å². The zero-order valence-electron chi connectivity index (χ0n) is 24.2. The minimum Gasteiger partial charge on any atom is -0.546 e. The van der Waals surface area contributed by atoms with Crippen LogP contribution in [-0.4, -0.2) is 66.3 Å². The second kappa shape index (κ2) is 14.8. The van der Waals surface area contributed by atoms with Crippen molar-refractivity contribution in [2.24, 2.45) is 5.92 Å². The standard InChI is InChI=1S/C29H44N2O9/c1-6-29(7-2,26(35)36)39-22-10-8-21(18-23(22)38-19-25(33)34)12-15-30-24(32)11-9-20-13-16-31(17-14-20)27(37)40-28(3,4)5/h8,10,18,20H,6-7,9,11-17,19H2,1-5H3,(H,30,32)(H,33,34)(H,35,36)/p-2. The maximum absolute atomic E-state index is 12.4. The Labute approximate surface area is 236 Å². The van der Waals surface area contributed by atoms with Gasteiger partial charge in [0.25, 0.3) is 0 Å². The van der Waals surface area contributed by atoms with Gasteiger partial charge in [-0.15, -0.1) is 0 Å². The Hall–Kier alpha value is -3.50. The number of carboxylic acids is 2. The van der Waals surface area contributed by atoms with Gasteiger partial charge in [0.15, 0.2) is 11.5 Å². The molecular formula is C29H42N2O9-2. The second-order valence-electron chi connectivity index (χ2n) is 11.1. The lowest BCUT2D eigenvalue weighted by Gasteiger charge is -2.34. The van der Waals surface area contributed by atoms with Gasteiger partial charge in [-0.25, -0.2) is 4.79 Å². The van der Waals surface area contributed by atoms with E-state index in [1.807, 2.05) is 20.8 Å². The molecule has 0 spiro atoms. The molecule has 1 N–H and O–H groups in total. The highest BCUT2D eigenvalue weighted by atomic mass is 16.6. The number of aliphatic carboxylic acids is 2. The number of hydrogen-bond donors (Lipinski definition) is 1. The number of benzene rings is 1. The third-order valence-corrected chi connectivity index (χ3v) is 6.95. The van der Waals surface area contributed by atoms with Gasteiger partial charge in [-0.3, -0.25) is 4.79 Å². The van der Waals surface area contributed by atoms with Gasteiger partial charge in [0.2, 0.25) is 5.91 Å². The highest BCUT2D eigenvalue weighted by Crippen LogP contribution is 2.34. The number of nitrogens with zero attached hydrogens (tertiary/aromatic N) is 1. The van der Waals surface area contributed by atoms with E-state index < -0.39 is 29.7 Å². The van der Waals surface area contributed by atoms with E-state index in [4.69, 9.17) is 14.2 Å². The molecule has 0 aliphatic carbocycles. The van der Waals surface area contributed by atoms with Crippen LogP contribution in [0.2, 0.25) is 0 Å². The van der Waals surface area contributed by atoms with E-state index in [-0.39, 0.29) is 36.3 Å². The lowest BCUT2D eigenvalue weighted by Crippen LogP contribution is -2.51. The molecule has 1 heterocycles. The van der Waals surface area contributed by atoms with Gasteiger partial charge in [0.05, 0.1) is 11.9 Å². The van der Waals surface area contributed by atoms with E-state index in [1.54, 1.807) is 30.9 Å². The SMILES string of the molecule is CCC(CC)(Oc1ccc(CCNC(=O)CCC2CCN(C(=O)OC(C)(C)C)CC2)cc1OCC(=O)[O-])C(=O)[O-]. The van der Waals surface area contributed by atoms with Crippen molar-refractivity contribution in [3.8, 4) is 11.5 Å². The second-order valence-corrected chi connectivity index (χ2v) is 11.1. The summed E-state index contributed by atoms with van der Waals surface area (Å²) in [6.07, 6.45) is 3.18. The number of amides is 2. The molecule has 0 unspecified atom stereocenters. The summed E-state index contributed by atoms with van der Waals surface area (Å²) in [5.74, 6) is -2.37. The molecule has 11 nitrogen and oxygen atoms in total. The van der Waals surface area contributed by atoms with Crippen molar-refractivity contribution in [1.29, 1.82) is 0 Å². The Morgan fingerprint density at radius 2 is 1.68 bits per heavy atom. The van der Waals surface area contributed by atoms with Crippen LogP contribution in [0.5, 0.6) is 11.5 Å². The fourth-order valence-corrected chi connectivity index (χ4v) is 4.48. The van der Waals surface area contributed by atoms with E-state index >= 15 is 0 Å². The van der Waals surface area contributed by atoms with Crippen LogP contribution in [0.3, 0.4) is 0 Å². The zero-order valence-corrected chi connectivity index (χ0v) is 24.2. The normalized spacial score (nSPS) is 14.4. The molecule has 1 saturated heterocycles. The van der Waals surface area contributed by atoms with Gasteiger partial charge in [-0.05, 0) is 82.9 Å². The lowest BCUT2D eigenvalue weighted by atomic mass is 9.92. The Balaban J connectivity index is 1.86. The van der Waals surface area contributed by atoms with E-state index in [0.29, 0.717) is 38.4 Å². The summed E-state index contributed by atoms with van der Waals surface area (Å²) in [5, 5.41) is 25.6. The molecule has 224 valence electrons. The highest BCUT2D eigenvalue weighted by Gasteiger charge is 2.31. The third-order valence-electron chi connectivity index (χ3n) is 6.95. The van der Waals surface area contributed by atoms with Gasteiger partial charge in [0.1, 0.15) is 17.8 Å². The molecule has 1 aliphatic heterocycles. The molecule has 1 aliphatic rings. The van der Waals surface area contributed by atoms with Gasteiger partial charge in [0, 0.05) is 26.1 Å². The summed E-state index contributed by atoms with van der Waals surface area (Å²) < 4.78 is 16.5. The van der Waals surface area contributed by atoms with Crippen LogP contribution in [0.15, 0.2) is 18.2 Å². The maximum atomic E-state index is 12.4. The summed E-state index contributed by atoms with van der Waals surface area (Å²) in [7, 11) is 0. The fraction of sp³-hybridized carbons (Fsp3) is 0.655. The number of hydrogen-bond acceptors (Lipinski definition) is 9. The molecule has 11 heteroatoms. The minimum absolute atomic E-state index is 0.0678. The largest absolute Gasteiger partial charge is 0.546 e. The molecule has 1 aromatic carbocycles.